The molecular formula is C22H26N2O3. The smallest absolute Gasteiger partial charge is 0.260 e. The average molecular weight is 366 g/mol. The summed E-state index contributed by atoms with van der Waals surface area (Å²) in [7, 11) is 0. The van der Waals surface area contributed by atoms with Gasteiger partial charge in [0.2, 0.25) is 0 Å². The number of likely N-dealkylation sites (tertiary alicyclic amines) is 1. The second-order valence-corrected chi connectivity index (χ2v) is 7.88. The maximum atomic E-state index is 13.2. The molecule has 2 heterocycles. The van der Waals surface area contributed by atoms with E-state index in [0.717, 1.165) is 36.9 Å². The van der Waals surface area contributed by atoms with Crippen molar-refractivity contribution < 1.29 is 9.90 Å². The van der Waals surface area contributed by atoms with E-state index in [1.807, 2.05) is 35.2 Å². The Balaban J connectivity index is 1.67. The van der Waals surface area contributed by atoms with Gasteiger partial charge in [-0.15, -0.1) is 0 Å². The van der Waals surface area contributed by atoms with E-state index in [1.165, 1.54) is 0 Å². The van der Waals surface area contributed by atoms with Crippen LogP contribution in [0.2, 0.25) is 0 Å². The molecule has 0 spiro atoms. The molecule has 1 aliphatic carbocycles. The molecule has 4 rings (SSSR count). The van der Waals surface area contributed by atoms with Crippen LogP contribution in [0.15, 0.2) is 47.3 Å². The molecule has 142 valence electrons. The molecule has 2 aliphatic rings. The molecule has 1 unspecified atom stereocenters. The van der Waals surface area contributed by atoms with E-state index in [0.29, 0.717) is 13.0 Å². The maximum Gasteiger partial charge on any atom is 0.260 e. The largest absolute Gasteiger partial charge is 0.385 e. The molecule has 5 heteroatoms. The molecule has 2 aromatic rings. The molecule has 3 atom stereocenters. The van der Waals surface area contributed by atoms with Crippen molar-refractivity contribution in [1.29, 1.82) is 0 Å². The van der Waals surface area contributed by atoms with Crippen LogP contribution in [-0.4, -0.2) is 33.5 Å². The standard InChI is InChI=1S/C22H26N2O3/c1-15-11-12-17(20(25)23-15)21(26)24-14-13-22(27,16-7-3-2-4-8-16)18-9-5-6-10-19(18)24/h2-4,7-8,11-12,18-19,27H,5-6,9-10,13-14H2,1H3,(H,23,25)/t18-,19+,22?/m0/s1. The zero-order valence-electron chi connectivity index (χ0n) is 15.6. The van der Waals surface area contributed by atoms with Crippen LogP contribution >= 0.6 is 0 Å². The Morgan fingerprint density at radius 1 is 1.15 bits per heavy atom. The number of pyridine rings is 1. The van der Waals surface area contributed by atoms with Gasteiger partial charge in [0.15, 0.2) is 0 Å². The third-order valence-electron chi connectivity index (χ3n) is 6.30. The average Bonchev–Trinajstić information content (AvgIpc) is 2.69. The maximum absolute atomic E-state index is 13.2. The summed E-state index contributed by atoms with van der Waals surface area (Å²) in [5, 5.41) is 11.6. The highest BCUT2D eigenvalue weighted by Crippen LogP contribution is 2.47. The van der Waals surface area contributed by atoms with E-state index >= 15 is 0 Å². The zero-order valence-corrected chi connectivity index (χ0v) is 15.6. The number of nitrogens with zero attached hydrogens (tertiary/aromatic N) is 1. The van der Waals surface area contributed by atoms with Gasteiger partial charge in [-0.05, 0) is 43.9 Å². The number of carbonyl (C=O) groups is 1. The SMILES string of the molecule is Cc1ccc(C(=O)N2CCC(O)(c3ccccc3)[C@H]3CCCC[C@H]32)c(=O)[nH]1. The number of benzene rings is 1. The van der Waals surface area contributed by atoms with Crippen molar-refractivity contribution in [3.63, 3.8) is 0 Å². The second-order valence-electron chi connectivity index (χ2n) is 7.88. The van der Waals surface area contributed by atoms with Gasteiger partial charge in [0, 0.05) is 24.2 Å². The summed E-state index contributed by atoms with van der Waals surface area (Å²) in [4.78, 5) is 30.0. The molecule has 1 saturated heterocycles. The van der Waals surface area contributed by atoms with Crippen LogP contribution in [0.4, 0.5) is 0 Å². The minimum absolute atomic E-state index is 0.00381. The van der Waals surface area contributed by atoms with Gasteiger partial charge in [0.25, 0.3) is 11.5 Å². The number of hydrogen-bond acceptors (Lipinski definition) is 3. The fourth-order valence-electron chi connectivity index (χ4n) is 4.92. The summed E-state index contributed by atoms with van der Waals surface area (Å²) in [5.41, 5.74) is 0.612. The first-order valence-corrected chi connectivity index (χ1v) is 9.79. The lowest BCUT2D eigenvalue weighted by Crippen LogP contribution is -2.59. The number of hydrogen-bond donors (Lipinski definition) is 2. The van der Waals surface area contributed by atoms with E-state index in [9.17, 15) is 14.7 Å². The van der Waals surface area contributed by atoms with Gasteiger partial charge in [0.1, 0.15) is 5.56 Å². The van der Waals surface area contributed by atoms with Crippen molar-refractivity contribution in [2.75, 3.05) is 6.54 Å². The summed E-state index contributed by atoms with van der Waals surface area (Å²) >= 11 is 0. The lowest BCUT2D eigenvalue weighted by atomic mass is 9.66. The summed E-state index contributed by atoms with van der Waals surface area (Å²) in [6, 6.07) is 13.2. The molecule has 0 bridgehead atoms. The number of amides is 1. The van der Waals surface area contributed by atoms with Gasteiger partial charge in [-0.3, -0.25) is 9.59 Å². The number of carbonyl (C=O) groups excluding carboxylic acids is 1. The highest BCUT2D eigenvalue weighted by atomic mass is 16.3. The summed E-state index contributed by atoms with van der Waals surface area (Å²) in [6.45, 7) is 2.26. The molecule has 2 N–H and O–H groups in total. The van der Waals surface area contributed by atoms with Crippen molar-refractivity contribution in [3.8, 4) is 0 Å². The zero-order chi connectivity index (χ0) is 19.0. The lowest BCUT2D eigenvalue weighted by Gasteiger charge is -2.52. The van der Waals surface area contributed by atoms with Gasteiger partial charge >= 0.3 is 0 Å². The van der Waals surface area contributed by atoms with E-state index < -0.39 is 5.60 Å². The van der Waals surface area contributed by atoms with Gasteiger partial charge < -0.3 is 15.0 Å². The molecule has 1 amide bonds. The number of rotatable bonds is 2. The topological polar surface area (TPSA) is 73.4 Å². The number of aromatic amines is 1. The van der Waals surface area contributed by atoms with E-state index in [-0.39, 0.29) is 29.0 Å². The highest BCUT2D eigenvalue weighted by Gasteiger charge is 2.50. The third kappa shape index (κ3) is 3.10. The molecule has 27 heavy (non-hydrogen) atoms. The van der Waals surface area contributed by atoms with Crippen molar-refractivity contribution in [2.24, 2.45) is 5.92 Å². The fourth-order valence-corrected chi connectivity index (χ4v) is 4.92. The minimum atomic E-state index is -0.914. The Morgan fingerprint density at radius 2 is 1.89 bits per heavy atom. The number of nitrogens with one attached hydrogen (secondary N) is 1. The lowest BCUT2D eigenvalue weighted by molar-refractivity contribution is -0.110. The van der Waals surface area contributed by atoms with Crippen LogP contribution in [0.25, 0.3) is 0 Å². The van der Waals surface area contributed by atoms with Crippen LogP contribution < -0.4 is 5.56 Å². The fraction of sp³-hybridized carbons (Fsp3) is 0.455. The summed E-state index contributed by atoms with van der Waals surface area (Å²) < 4.78 is 0. The molecule has 1 aromatic carbocycles. The summed E-state index contributed by atoms with van der Waals surface area (Å²) in [6.07, 6.45) is 4.36. The molecule has 1 aromatic heterocycles. The predicted octanol–water partition coefficient (Wildman–Crippen LogP) is 2.98. The first-order chi connectivity index (χ1) is 13.0. The number of aryl methyl sites for hydroxylation is 1. The van der Waals surface area contributed by atoms with Crippen molar-refractivity contribution in [2.45, 2.75) is 50.7 Å². The van der Waals surface area contributed by atoms with Gasteiger partial charge in [-0.2, -0.15) is 0 Å². The summed E-state index contributed by atoms with van der Waals surface area (Å²) in [5.74, 6) is -0.223. The Morgan fingerprint density at radius 3 is 2.63 bits per heavy atom. The van der Waals surface area contributed by atoms with Crippen LogP contribution in [0.3, 0.4) is 0 Å². The minimum Gasteiger partial charge on any atom is -0.385 e. The normalized spacial score (nSPS) is 27.9. The van der Waals surface area contributed by atoms with Crippen LogP contribution in [-0.2, 0) is 5.60 Å². The number of aliphatic hydroxyl groups is 1. The van der Waals surface area contributed by atoms with Crippen LogP contribution in [0, 0.1) is 12.8 Å². The molecular weight excluding hydrogens is 340 g/mol. The molecule has 1 saturated carbocycles. The van der Waals surface area contributed by atoms with Crippen LogP contribution in [0.1, 0.15) is 53.7 Å². The van der Waals surface area contributed by atoms with Gasteiger partial charge in [-0.25, -0.2) is 0 Å². The van der Waals surface area contributed by atoms with Crippen molar-refractivity contribution in [1.82, 2.24) is 9.88 Å². The van der Waals surface area contributed by atoms with Gasteiger partial charge in [-0.1, -0.05) is 43.2 Å². The van der Waals surface area contributed by atoms with Crippen LogP contribution in [0.5, 0.6) is 0 Å². The Hall–Kier alpha value is -2.40. The number of fused-ring (bicyclic) bond motifs is 1. The molecule has 1 aliphatic heterocycles. The number of aromatic nitrogens is 1. The highest BCUT2D eigenvalue weighted by molar-refractivity contribution is 5.94. The number of piperidine rings is 1. The Kier molecular flexibility index (Phi) is 4.64. The van der Waals surface area contributed by atoms with Crippen molar-refractivity contribution in [3.05, 3.63) is 69.6 Å². The van der Waals surface area contributed by atoms with Crippen molar-refractivity contribution >= 4 is 5.91 Å². The first kappa shape index (κ1) is 18.0. The van der Waals surface area contributed by atoms with E-state index in [4.69, 9.17) is 0 Å². The second kappa shape index (κ2) is 6.97. The quantitative estimate of drug-likeness (QED) is 0.858. The molecule has 2 fully saturated rings. The first-order valence-electron chi connectivity index (χ1n) is 9.79. The molecule has 0 radical (unpaired) electrons. The number of H-pyrrole nitrogens is 1. The Labute approximate surface area is 159 Å². The third-order valence-corrected chi connectivity index (χ3v) is 6.30. The Bertz CT molecular complexity index is 892. The van der Waals surface area contributed by atoms with E-state index in [1.54, 1.807) is 19.1 Å². The van der Waals surface area contributed by atoms with E-state index in [2.05, 4.69) is 4.98 Å². The van der Waals surface area contributed by atoms with Gasteiger partial charge in [0.05, 0.1) is 5.60 Å². The predicted molar refractivity (Wildman–Crippen MR) is 104 cm³/mol. The monoisotopic (exact) mass is 366 g/mol. The molecule has 5 nitrogen and oxygen atoms in total.